The summed E-state index contributed by atoms with van der Waals surface area (Å²) < 4.78 is 0. The number of carbonyl (C=O) groups is 1. The molecule has 0 spiro atoms. The van der Waals surface area contributed by atoms with Gasteiger partial charge in [0.25, 0.3) is 5.91 Å². The fraction of sp³-hybridized carbons (Fsp3) is 0.375. The summed E-state index contributed by atoms with van der Waals surface area (Å²) in [5.41, 5.74) is 0.689. The van der Waals surface area contributed by atoms with E-state index in [0.717, 1.165) is 0 Å². The van der Waals surface area contributed by atoms with E-state index in [1.165, 1.54) is 11.3 Å². The Morgan fingerprint density at radius 1 is 1.77 bits per heavy atom. The van der Waals surface area contributed by atoms with Crippen molar-refractivity contribution < 1.29 is 4.79 Å². The number of nitrogens with zero attached hydrogens (tertiary/aromatic N) is 2. The fourth-order valence-electron chi connectivity index (χ4n) is 0.920. The van der Waals surface area contributed by atoms with E-state index in [4.69, 9.17) is 5.26 Å². The van der Waals surface area contributed by atoms with E-state index in [2.05, 4.69) is 10.3 Å². The maximum Gasteiger partial charge on any atom is 0.263 e. The Hall–Kier alpha value is -1.41. The van der Waals surface area contributed by atoms with Crippen LogP contribution in [0.1, 0.15) is 20.4 Å². The van der Waals surface area contributed by atoms with Crippen molar-refractivity contribution >= 4 is 17.2 Å². The molecule has 0 aromatic carbocycles. The van der Waals surface area contributed by atoms with Crippen molar-refractivity contribution in [2.45, 2.75) is 13.3 Å². The molecule has 1 rings (SSSR count). The quantitative estimate of drug-likeness (QED) is 0.761. The number of rotatable bonds is 2. The van der Waals surface area contributed by atoms with Gasteiger partial charge in [0.05, 0.1) is 18.2 Å². The predicted molar refractivity (Wildman–Crippen MR) is 49.6 cm³/mol. The molecule has 0 unspecified atom stereocenters. The highest BCUT2D eigenvalue weighted by Gasteiger charge is 2.12. The second-order valence-electron chi connectivity index (χ2n) is 2.44. The third kappa shape index (κ3) is 2.04. The minimum absolute atomic E-state index is 0.140. The molecule has 0 fully saturated rings. The van der Waals surface area contributed by atoms with Crippen LogP contribution in [-0.2, 0) is 6.42 Å². The Bertz CT molecular complexity index is 364. The van der Waals surface area contributed by atoms with Gasteiger partial charge in [0.1, 0.15) is 9.88 Å². The summed E-state index contributed by atoms with van der Waals surface area (Å²) >= 11 is 1.27. The lowest BCUT2D eigenvalue weighted by molar-refractivity contribution is 0.0966. The molecule has 0 saturated carbocycles. The van der Waals surface area contributed by atoms with Gasteiger partial charge in [-0.05, 0) is 6.92 Å². The van der Waals surface area contributed by atoms with E-state index in [0.29, 0.717) is 15.6 Å². The second-order valence-corrected chi connectivity index (χ2v) is 3.52. The topological polar surface area (TPSA) is 65.8 Å². The highest BCUT2D eigenvalue weighted by molar-refractivity contribution is 7.13. The van der Waals surface area contributed by atoms with Crippen LogP contribution in [0.15, 0.2) is 0 Å². The highest BCUT2D eigenvalue weighted by atomic mass is 32.1. The largest absolute Gasteiger partial charge is 0.354 e. The average molecular weight is 195 g/mol. The van der Waals surface area contributed by atoms with Gasteiger partial charge < -0.3 is 5.32 Å². The molecule has 1 aromatic rings. The zero-order valence-electron chi connectivity index (χ0n) is 7.42. The molecule has 1 heterocycles. The van der Waals surface area contributed by atoms with E-state index in [1.54, 1.807) is 14.0 Å². The van der Waals surface area contributed by atoms with Crippen molar-refractivity contribution in [1.82, 2.24) is 10.3 Å². The van der Waals surface area contributed by atoms with Gasteiger partial charge in [0.15, 0.2) is 0 Å². The zero-order valence-corrected chi connectivity index (χ0v) is 8.23. The summed E-state index contributed by atoms with van der Waals surface area (Å²) in [4.78, 5) is 15.9. The number of aryl methyl sites for hydroxylation is 1. The molecular weight excluding hydrogens is 186 g/mol. The lowest BCUT2D eigenvalue weighted by atomic mass is 10.4. The molecule has 0 atom stereocenters. The predicted octanol–water partition coefficient (Wildman–Crippen LogP) is 0.877. The molecule has 0 aliphatic heterocycles. The zero-order chi connectivity index (χ0) is 9.84. The first-order valence-electron chi connectivity index (χ1n) is 3.74. The Kier molecular flexibility index (Phi) is 2.98. The first-order valence-corrected chi connectivity index (χ1v) is 4.56. The van der Waals surface area contributed by atoms with Crippen LogP contribution in [0, 0.1) is 18.3 Å². The number of carbonyl (C=O) groups excluding carboxylic acids is 1. The number of hydrogen-bond acceptors (Lipinski definition) is 4. The molecule has 0 aliphatic rings. The minimum Gasteiger partial charge on any atom is -0.354 e. The molecule has 13 heavy (non-hydrogen) atoms. The molecule has 68 valence electrons. The number of thiazole rings is 1. The van der Waals surface area contributed by atoms with Gasteiger partial charge in [-0.3, -0.25) is 4.79 Å². The molecule has 1 N–H and O–H groups in total. The number of amides is 1. The second kappa shape index (κ2) is 4.01. The van der Waals surface area contributed by atoms with Crippen molar-refractivity contribution in [3.8, 4) is 6.07 Å². The van der Waals surface area contributed by atoms with Crippen LogP contribution in [0.2, 0.25) is 0 Å². The number of nitrogens with one attached hydrogen (secondary N) is 1. The van der Waals surface area contributed by atoms with Crippen molar-refractivity contribution in [3.63, 3.8) is 0 Å². The lowest BCUT2D eigenvalue weighted by Crippen LogP contribution is -2.17. The van der Waals surface area contributed by atoms with Crippen LogP contribution >= 0.6 is 11.3 Å². The first kappa shape index (κ1) is 9.68. The Morgan fingerprint density at radius 3 is 3.00 bits per heavy atom. The smallest absolute Gasteiger partial charge is 0.263 e. The van der Waals surface area contributed by atoms with Gasteiger partial charge in [-0.1, -0.05) is 0 Å². The molecule has 0 saturated heterocycles. The van der Waals surface area contributed by atoms with Gasteiger partial charge in [-0.25, -0.2) is 4.98 Å². The summed E-state index contributed by atoms with van der Waals surface area (Å²) in [5, 5.41) is 11.7. The summed E-state index contributed by atoms with van der Waals surface area (Å²) in [6.07, 6.45) is 0.266. The van der Waals surface area contributed by atoms with Crippen LogP contribution in [0.4, 0.5) is 0 Å². The molecule has 1 aromatic heterocycles. The molecular formula is C8H9N3OS. The standard InChI is InChI=1S/C8H9N3OS/c1-5-7(8(12)10-2)13-6(11-5)3-4-9/h3H2,1-2H3,(H,10,12). The van der Waals surface area contributed by atoms with Gasteiger partial charge >= 0.3 is 0 Å². The van der Waals surface area contributed by atoms with Crippen LogP contribution in [0.3, 0.4) is 0 Å². The van der Waals surface area contributed by atoms with Gasteiger partial charge in [-0.2, -0.15) is 5.26 Å². The lowest BCUT2D eigenvalue weighted by Gasteiger charge is -1.93. The summed E-state index contributed by atoms with van der Waals surface area (Å²) in [6.45, 7) is 1.77. The molecule has 4 nitrogen and oxygen atoms in total. The van der Waals surface area contributed by atoms with Crippen LogP contribution in [0.25, 0.3) is 0 Å². The maximum absolute atomic E-state index is 11.2. The number of nitriles is 1. The van der Waals surface area contributed by atoms with Gasteiger partial charge in [0.2, 0.25) is 0 Å². The monoisotopic (exact) mass is 195 g/mol. The van der Waals surface area contributed by atoms with Crippen molar-refractivity contribution in [2.24, 2.45) is 0 Å². The van der Waals surface area contributed by atoms with E-state index < -0.39 is 0 Å². The first-order chi connectivity index (χ1) is 6.19. The summed E-state index contributed by atoms with van der Waals surface area (Å²) in [7, 11) is 1.57. The van der Waals surface area contributed by atoms with Gasteiger partial charge in [-0.15, -0.1) is 11.3 Å². The molecule has 0 bridgehead atoms. The number of aromatic nitrogens is 1. The third-order valence-electron chi connectivity index (χ3n) is 1.50. The van der Waals surface area contributed by atoms with Crippen molar-refractivity contribution in [2.75, 3.05) is 7.05 Å². The van der Waals surface area contributed by atoms with Crippen molar-refractivity contribution in [3.05, 3.63) is 15.6 Å². The maximum atomic E-state index is 11.2. The highest BCUT2D eigenvalue weighted by Crippen LogP contribution is 2.17. The van der Waals surface area contributed by atoms with E-state index >= 15 is 0 Å². The van der Waals surface area contributed by atoms with Gasteiger partial charge in [0, 0.05) is 7.05 Å². The van der Waals surface area contributed by atoms with E-state index in [9.17, 15) is 4.79 Å². The van der Waals surface area contributed by atoms with Crippen molar-refractivity contribution in [1.29, 1.82) is 5.26 Å². The van der Waals surface area contributed by atoms with Crippen LogP contribution in [0.5, 0.6) is 0 Å². The molecule has 0 aliphatic carbocycles. The molecule has 1 amide bonds. The minimum atomic E-state index is -0.140. The molecule has 0 radical (unpaired) electrons. The average Bonchev–Trinajstić information content (AvgIpc) is 2.46. The van der Waals surface area contributed by atoms with Crippen LogP contribution < -0.4 is 5.32 Å². The van der Waals surface area contributed by atoms with E-state index in [-0.39, 0.29) is 12.3 Å². The Balaban J connectivity index is 2.97. The molecule has 5 heteroatoms. The van der Waals surface area contributed by atoms with Crippen LogP contribution in [-0.4, -0.2) is 17.9 Å². The fourth-order valence-corrected chi connectivity index (χ4v) is 1.86. The third-order valence-corrected chi connectivity index (χ3v) is 2.66. The number of hydrogen-bond donors (Lipinski definition) is 1. The Labute approximate surface area is 80.2 Å². The normalized spacial score (nSPS) is 9.31. The summed E-state index contributed by atoms with van der Waals surface area (Å²) in [5.74, 6) is -0.140. The van der Waals surface area contributed by atoms with E-state index in [1.807, 2.05) is 6.07 Å². The SMILES string of the molecule is CNC(=O)c1sc(CC#N)nc1C. The summed E-state index contributed by atoms with van der Waals surface area (Å²) in [6, 6.07) is 2.00. The Morgan fingerprint density at radius 2 is 2.46 bits per heavy atom.